The Hall–Kier alpha value is -2.91. The summed E-state index contributed by atoms with van der Waals surface area (Å²) in [7, 11) is 0. The van der Waals surface area contributed by atoms with E-state index in [4.69, 9.17) is 9.47 Å². The Kier molecular flexibility index (Phi) is 6.18. The standard InChI is InChI=1S/C23H22O3/c1-18(24)20-7-9-21(10-8-20)22-11-13-23(14-12-22)26-16-15-25-17-19-5-3-2-4-6-19/h2-14H,15-17H2,1H3. The van der Waals surface area contributed by atoms with E-state index in [0.29, 0.717) is 19.8 Å². The van der Waals surface area contributed by atoms with Crippen molar-refractivity contribution in [3.8, 4) is 16.9 Å². The highest BCUT2D eigenvalue weighted by molar-refractivity contribution is 5.94. The number of ether oxygens (including phenoxy) is 2. The van der Waals surface area contributed by atoms with Gasteiger partial charge in [-0.1, -0.05) is 66.7 Å². The minimum absolute atomic E-state index is 0.0785. The Bertz CT molecular complexity index is 822. The zero-order valence-electron chi connectivity index (χ0n) is 14.9. The Labute approximate surface area is 154 Å². The van der Waals surface area contributed by atoms with Crippen LogP contribution in [0.1, 0.15) is 22.8 Å². The van der Waals surface area contributed by atoms with Gasteiger partial charge in [0.15, 0.2) is 5.78 Å². The van der Waals surface area contributed by atoms with E-state index in [-0.39, 0.29) is 5.78 Å². The van der Waals surface area contributed by atoms with Crippen LogP contribution in [0.5, 0.6) is 5.75 Å². The van der Waals surface area contributed by atoms with Crippen molar-refractivity contribution in [2.24, 2.45) is 0 Å². The highest BCUT2D eigenvalue weighted by Crippen LogP contribution is 2.23. The highest BCUT2D eigenvalue weighted by Gasteiger charge is 2.02. The van der Waals surface area contributed by atoms with E-state index in [1.54, 1.807) is 6.92 Å². The third kappa shape index (κ3) is 5.04. The minimum Gasteiger partial charge on any atom is -0.491 e. The van der Waals surface area contributed by atoms with Crippen LogP contribution in [0.3, 0.4) is 0 Å². The second kappa shape index (κ2) is 8.97. The summed E-state index contributed by atoms with van der Waals surface area (Å²) in [5, 5.41) is 0. The first-order valence-corrected chi connectivity index (χ1v) is 8.68. The minimum atomic E-state index is 0.0785. The Morgan fingerprint density at radius 2 is 1.38 bits per heavy atom. The first-order chi connectivity index (χ1) is 12.7. The lowest BCUT2D eigenvalue weighted by Gasteiger charge is -2.08. The Balaban J connectivity index is 1.46. The van der Waals surface area contributed by atoms with Crippen molar-refractivity contribution in [2.75, 3.05) is 13.2 Å². The summed E-state index contributed by atoms with van der Waals surface area (Å²) in [5.41, 5.74) is 4.05. The van der Waals surface area contributed by atoms with Gasteiger partial charge in [0.25, 0.3) is 0 Å². The van der Waals surface area contributed by atoms with Crippen LogP contribution in [-0.4, -0.2) is 19.0 Å². The normalized spacial score (nSPS) is 10.5. The van der Waals surface area contributed by atoms with Gasteiger partial charge in [0.1, 0.15) is 12.4 Å². The van der Waals surface area contributed by atoms with Gasteiger partial charge in [-0.3, -0.25) is 4.79 Å². The van der Waals surface area contributed by atoms with Crippen molar-refractivity contribution in [3.05, 3.63) is 90.0 Å². The van der Waals surface area contributed by atoms with Gasteiger partial charge in [-0.05, 0) is 35.7 Å². The number of carbonyl (C=O) groups is 1. The molecule has 3 nitrogen and oxygen atoms in total. The molecular formula is C23H22O3. The van der Waals surface area contributed by atoms with Gasteiger partial charge in [0.05, 0.1) is 13.2 Å². The fraction of sp³-hybridized carbons (Fsp3) is 0.174. The van der Waals surface area contributed by atoms with Crippen LogP contribution in [0.4, 0.5) is 0 Å². The van der Waals surface area contributed by atoms with Crippen LogP contribution in [0.2, 0.25) is 0 Å². The second-order valence-corrected chi connectivity index (χ2v) is 6.04. The third-order valence-corrected chi connectivity index (χ3v) is 4.09. The maximum absolute atomic E-state index is 11.3. The van der Waals surface area contributed by atoms with E-state index < -0.39 is 0 Å². The summed E-state index contributed by atoms with van der Waals surface area (Å²) in [4.78, 5) is 11.3. The third-order valence-electron chi connectivity index (χ3n) is 4.09. The van der Waals surface area contributed by atoms with Crippen LogP contribution >= 0.6 is 0 Å². The number of Topliss-reactive ketones (excluding diaryl/α,β-unsaturated/α-hetero) is 1. The number of rotatable bonds is 8. The highest BCUT2D eigenvalue weighted by atomic mass is 16.5. The average molecular weight is 346 g/mol. The van der Waals surface area contributed by atoms with Crippen LogP contribution in [0, 0.1) is 0 Å². The Morgan fingerprint density at radius 3 is 2.00 bits per heavy atom. The van der Waals surface area contributed by atoms with Crippen molar-refractivity contribution in [2.45, 2.75) is 13.5 Å². The Morgan fingerprint density at radius 1 is 0.769 bits per heavy atom. The fourth-order valence-corrected chi connectivity index (χ4v) is 2.62. The summed E-state index contributed by atoms with van der Waals surface area (Å²) < 4.78 is 11.3. The molecule has 0 aliphatic carbocycles. The molecule has 3 rings (SSSR count). The first-order valence-electron chi connectivity index (χ1n) is 8.68. The molecular weight excluding hydrogens is 324 g/mol. The van der Waals surface area contributed by atoms with Crippen molar-refractivity contribution in [1.29, 1.82) is 0 Å². The van der Waals surface area contributed by atoms with E-state index in [0.717, 1.165) is 28.0 Å². The van der Waals surface area contributed by atoms with Gasteiger partial charge in [-0.25, -0.2) is 0 Å². The molecule has 0 saturated carbocycles. The van der Waals surface area contributed by atoms with Crippen LogP contribution in [0.15, 0.2) is 78.9 Å². The lowest BCUT2D eigenvalue weighted by atomic mass is 10.0. The van der Waals surface area contributed by atoms with Crippen molar-refractivity contribution >= 4 is 5.78 Å². The number of benzene rings is 3. The number of hydrogen-bond donors (Lipinski definition) is 0. The molecule has 3 aromatic carbocycles. The van der Waals surface area contributed by atoms with E-state index >= 15 is 0 Å². The summed E-state index contributed by atoms with van der Waals surface area (Å²) in [6.07, 6.45) is 0. The van der Waals surface area contributed by atoms with Crippen LogP contribution in [0.25, 0.3) is 11.1 Å². The van der Waals surface area contributed by atoms with Gasteiger partial charge in [0.2, 0.25) is 0 Å². The molecule has 0 heterocycles. The SMILES string of the molecule is CC(=O)c1ccc(-c2ccc(OCCOCc3ccccc3)cc2)cc1. The molecule has 0 amide bonds. The smallest absolute Gasteiger partial charge is 0.159 e. The molecule has 26 heavy (non-hydrogen) atoms. The lowest BCUT2D eigenvalue weighted by Crippen LogP contribution is -2.06. The molecule has 0 spiro atoms. The maximum atomic E-state index is 11.3. The molecule has 0 N–H and O–H groups in total. The van der Waals surface area contributed by atoms with Gasteiger partial charge in [0, 0.05) is 5.56 Å². The fourth-order valence-electron chi connectivity index (χ4n) is 2.62. The molecule has 0 aromatic heterocycles. The molecule has 0 atom stereocenters. The summed E-state index contributed by atoms with van der Waals surface area (Å²) in [5.74, 6) is 0.896. The monoisotopic (exact) mass is 346 g/mol. The predicted octanol–water partition coefficient (Wildman–Crippen LogP) is 5.15. The second-order valence-electron chi connectivity index (χ2n) is 6.04. The zero-order valence-corrected chi connectivity index (χ0v) is 14.9. The maximum Gasteiger partial charge on any atom is 0.159 e. The van der Waals surface area contributed by atoms with Crippen molar-refractivity contribution < 1.29 is 14.3 Å². The number of carbonyl (C=O) groups excluding carboxylic acids is 1. The molecule has 0 unspecified atom stereocenters. The lowest BCUT2D eigenvalue weighted by molar-refractivity contribution is 0.0889. The quantitative estimate of drug-likeness (QED) is 0.418. The molecule has 0 saturated heterocycles. The molecule has 0 fully saturated rings. The van der Waals surface area contributed by atoms with Crippen LogP contribution in [-0.2, 0) is 11.3 Å². The van der Waals surface area contributed by atoms with Gasteiger partial charge in [-0.15, -0.1) is 0 Å². The van der Waals surface area contributed by atoms with Crippen molar-refractivity contribution in [1.82, 2.24) is 0 Å². The average Bonchev–Trinajstić information content (AvgIpc) is 2.69. The first kappa shape index (κ1) is 17.9. The summed E-state index contributed by atoms with van der Waals surface area (Å²) >= 11 is 0. The molecule has 0 radical (unpaired) electrons. The van der Waals surface area contributed by atoms with E-state index in [2.05, 4.69) is 0 Å². The molecule has 132 valence electrons. The van der Waals surface area contributed by atoms with Gasteiger partial charge < -0.3 is 9.47 Å². The van der Waals surface area contributed by atoms with Gasteiger partial charge in [-0.2, -0.15) is 0 Å². The number of ketones is 1. The zero-order chi connectivity index (χ0) is 18.2. The van der Waals surface area contributed by atoms with Crippen molar-refractivity contribution in [3.63, 3.8) is 0 Å². The molecule has 0 bridgehead atoms. The molecule has 0 aliphatic rings. The van der Waals surface area contributed by atoms with Gasteiger partial charge >= 0.3 is 0 Å². The van der Waals surface area contributed by atoms with Crippen LogP contribution < -0.4 is 4.74 Å². The molecule has 3 aromatic rings. The van der Waals surface area contributed by atoms with E-state index in [9.17, 15) is 4.79 Å². The summed E-state index contributed by atoms with van der Waals surface area (Å²) in [6, 6.07) is 25.7. The molecule has 0 aliphatic heterocycles. The largest absolute Gasteiger partial charge is 0.491 e. The number of hydrogen-bond acceptors (Lipinski definition) is 3. The molecule has 3 heteroatoms. The predicted molar refractivity (Wildman–Crippen MR) is 103 cm³/mol. The van der Waals surface area contributed by atoms with E-state index in [1.807, 2.05) is 78.9 Å². The topological polar surface area (TPSA) is 35.5 Å². The summed E-state index contributed by atoms with van der Waals surface area (Å²) in [6.45, 7) is 3.23. The van der Waals surface area contributed by atoms with E-state index in [1.165, 1.54) is 0 Å².